The van der Waals surface area contributed by atoms with Gasteiger partial charge in [-0.25, -0.2) is 4.79 Å². The SMILES string of the molecule is CC(NC(=O)NCc1ccco1)C(O)c1ccc(Cl)cc1. The van der Waals surface area contributed by atoms with Crippen LogP contribution in [0.25, 0.3) is 0 Å². The molecule has 0 aliphatic heterocycles. The van der Waals surface area contributed by atoms with Crippen molar-refractivity contribution in [3.05, 3.63) is 59.0 Å². The van der Waals surface area contributed by atoms with Crippen LogP contribution in [0.4, 0.5) is 4.79 Å². The summed E-state index contributed by atoms with van der Waals surface area (Å²) < 4.78 is 5.11. The fourth-order valence-electron chi connectivity index (χ4n) is 1.87. The Morgan fingerprint density at radius 3 is 2.67 bits per heavy atom. The average molecular weight is 309 g/mol. The molecule has 0 saturated heterocycles. The van der Waals surface area contributed by atoms with Gasteiger partial charge in [0.25, 0.3) is 0 Å². The molecule has 2 atom stereocenters. The van der Waals surface area contributed by atoms with Gasteiger partial charge in [0.2, 0.25) is 0 Å². The van der Waals surface area contributed by atoms with Crippen LogP contribution in [0.5, 0.6) is 0 Å². The fourth-order valence-corrected chi connectivity index (χ4v) is 1.99. The Hall–Kier alpha value is -1.98. The second-order valence-electron chi connectivity index (χ2n) is 4.69. The number of aliphatic hydroxyl groups excluding tert-OH is 1. The van der Waals surface area contributed by atoms with Gasteiger partial charge in [-0.3, -0.25) is 0 Å². The number of furan rings is 1. The van der Waals surface area contributed by atoms with Gasteiger partial charge in [0.05, 0.1) is 25.0 Å². The Morgan fingerprint density at radius 2 is 2.05 bits per heavy atom. The van der Waals surface area contributed by atoms with Crippen molar-refractivity contribution in [2.24, 2.45) is 0 Å². The summed E-state index contributed by atoms with van der Waals surface area (Å²) in [6, 6.07) is 9.56. The van der Waals surface area contributed by atoms with Gasteiger partial charge in [-0.2, -0.15) is 0 Å². The van der Waals surface area contributed by atoms with Crippen molar-refractivity contribution < 1.29 is 14.3 Å². The molecule has 21 heavy (non-hydrogen) atoms. The van der Waals surface area contributed by atoms with E-state index in [-0.39, 0.29) is 6.03 Å². The maximum absolute atomic E-state index is 11.7. The van der Waals surface area contributed by atoms with Crippen LogP contribution in [-0.4, -0.2) is 17.2 Å². The van der Waals surface area contributed by atoms with Gasteiger partial charge in [0.15, 0.2) is 0 Å². The quantitative estimate of drug-likeness (QED) is 0.795. The number of aliphatic hydroxyl groups is 1. The summed E-state index contributed by atoms with van der Waals surface area (Å²) in [7, 11) is 0. The van der Waals surface area contributed by atoms with Gasteiger partial charge in [0, 0.05) is 5.02 Å². The number of rotatable bonds is 5. The highest BCUT2D eigenvalue weighted by molar-refractivity contribution is 6.30. The minimum atomic E-state index is -0.809. The zero-order valence-corrected chi connectivity index (χ0v) is 12.3. The molecule has 2 aromatic rings. The summed E-state index contributed by atoms with van der Waals surface area (Å²) in [5.74, 6) is 0.663. The van der Waals surface area contributed by atoms with Gasteiger partial charge >= 0.3 is 6.03 Å². The Balaban J connectivity index is 1.83. The second kappa shape index (κ2) is 7.15. The Morgan fingerprint density at radius 1 is 1.33 bits per heavy atom. The Bertz CT molecular complexity index is 569. The second-order valence-corrected chi connectivity index (χ2v) is 5.13. The summed E-state index contributed by atoms with van der Waals surface area (Å²) in [4.78, 5) is 11.7. The van der Waals surface area contributed by atoms with Crippen LogP contribution in [0, 0.1) is 0 Å². The Labute approximate surface area is 127 Å². The van der Waals surface area contributed by atoms with Crippen molar-refractivity contribution in [1.29, 1.82) is 0 Å². The number of urea groups is 1. The van der Waals surface area contributed by atoms with E-state index in [1.807, 2.05) is 0 Å². The number of amides is 2. The van der Waals surface area contributed by atoms with Gasteiger partial charge in [-0.1, -0.05) is 23.7 Å². The van der Waals surface area contributed by atoms with Crippen LogP contribution < -0.4 is 10.6 Å². The molecule has 5 nitrogen and oxygen atoms in total. The molecule has 0 aliphatic rings. The van der Waals surface area contributed by atoms with Gasteiger partial charge in [-0.15, -0.1) is 0 Å². The molecule has 3 N–H and O–H groups in total. The summed E-state index contributed by atoms with van der Waals surface area (Å²) in [5.41, 5.74) is 0.693. The molecule has 2 unspecified atom stereocenters. The number of carbonyl (C=O) groups is 1. The van der Waals surface area contributed by atoms with Crippen molar-refractivity contribution >= 4 is 17.6 Å². The standard InChI is InChI=1S/C15H17ClN2O3/c1-10(14(19)11-4-6-12(16)7-5-11)18-15(20)17-9-13-3-2-8-21-13/h2-8,10,14,19H,9H2,1H3,(H2,17,18,20). The van der Waals surface area contributed by atoms with Crippen molar-refractivity contribution in [3.8, 4) is 0 Å². The lowest BCUT2D eigenvalue weighted by atomic mass is 10.0. The molecule has 0 saturated carbocycles. The first kappa shape index (κ1) is 15.4. The maximum Gasteiger partial charge on any atom is 0.315 e. The van der Waals surface area contributed by atoms with E-state index < -0.39 is 12.1 Å². The highest BCUT2D eigenvalue weighted by atomic mass is 35.5. The van der Waals surface area contributed by atoms with Gasteiger partial charge < -0.3 is 20.2 Å². The normalized spacial score (nSPS) is 13.5. The number of hydrogen-bond acceptors (Lipinski definition) is 3. The van der Waals surface area contributed by atoms with Gasteiger partial charge in [0.1, 0.15) is 5.76 Å². The lowest BCUT2D eigenvalue weighted by Gasteiger charge is -2.20. The highest BCUT2D eigenvalue weighted by Crippen LogP contribution is 2.19. The number of benzene rings is 1. The van der Waals surface area contributed by atoms with Crippen molar-refractivity contribution in [3.63, 3.8) is 0 Å². The van der Waals surface area contributed by atoms with Gasteiger partial charge in [-0.05, 0) is 36.8 Å². The van der Waals surface area contributed by atoms with E-state index in [1.165, 1.54) is 0 Å². The third-order valence-corrected chi connectivity index (χ3v) is 3.30. The molecule has 0 radical (unpaired) electrons. The summed E-state index contributed by atoms with van der Waals surface area (Å²) in [5, 5.41) is 16.1. The fraction of sp³-hybridized carbons (Fsp3) is 0.267. The van der Waals surface area contributed by atoms with Crippen LogP contribution >= 0.6 is 11.6 Å². The van der Waals surface area contributed by atoms with Crippen LogP contribution in [0.2, 0.25) is 5.02 Å². The van der Waals surface area contributed by atoms with E-state index in [2.05, 4.69) is 10.6 Å². The van der Waals surface area contributed by atoms with Crippen LogP contribution in [0.1, 0.15) is 24.4 Å². The zero-order valence-electron chi connectivity index (χ0n) is 11.5. The monoisotopic (exact) mass is 308 g/mol. The first-order chi connectivity index (χ1) is 10.1. The summed E-state index contributed by atoms with van der Waals surface area (Å²) in [6.07, 6.45) is 0.735. The molecule has 6 heteroatoms. The molecule has 0 bridgehead atoms. The molecule has 0 aliphatic carbocycles. The molecule has 2 amide bonds. The molecule has 1 aromatic carbocycles. The van der Waals surface area contributed by atoms with Crippen LogP contribution in [0.15, 0.2) is 47.1 Å². The lowest BCUT2D eigenvalue weighted by Crippen LogP contribution is -2.43. The summed E-state index contributed by atoms with van der Waals surface area (Å²) in [6.45, 7) is 2.02. The third kappa shape index (κ3) is 4.51. The van der Waals surface area contributed by atoms with E-state index in [0.717, 1.165) is 0 Å². The molecule has 1 aromatic heterocycles. The number of nitrogens with one attached hydrogen (secondary N) is 2. The van der Waals surface area contributed by atoms with Crippen molar-refractivity contribution in [1.82, 2.24) is 10.6 Å². The lowest BCUT2D eigenvalue weighted by molar-refractivity contribution is 0.137. The first-order valence-electron chi connectivity index (χ1n) is 6.56. The first-order valence-corrected chi connectivity index (χ1v) is 6.94. The Kier molecular flexibility index (Phi) is 5.25. The molecule has 0 spiro atoms. The van der Waals surface area contributed by atoms with E-state index >= 15 is 0 Å². The van der Waals surface area contributed by atoms with Crippen molar-refractivity contribution in [2.45, 2.75) is 25.6 Å². The predicted molar refractivity (Wildman–Crippen MR) is 80.0 cm³/mol. The number of carbonyl (C=O) groups excluding carboxylic acids is 1. The topological polar surface area (TPSA) is 74.5 Å². The number of hydrogen-bond donors (Lipinski definition) is 3. The largest absolute Gasteiger partial charge is 0.467 e. The van der Waals surface area contributed by atoms with E-state index in [1.54, 1.807) is 49.6 Å². The molecule has 112 valence electrons. The van der Waals surface area contributed by atoms with E-state index in [4.69, 9.17) is 16.0 Å². The van der Waals surface area contributed by atoms with Crippen molar-refractivity contribution in [2.75, 3.05) is 0 Å². The van der Waals surface area contributed by atoms with Crippen LogP contribution in [0.3, 0.4) is 0 Å². The zero-order chi connectivity index (χ0) is 15.2. The van der Waals surface area contributed by atoms with E-state index in [0.29, 0.717) is 22.9 Å². The molecule has 1 heterocycles. The predicted octanol–water partition coefficient (Wildman–Crippen LogP) is 2.85. The van der Waals surface area contributed by atoms with E-state index in [9.17, 15) is 9.90 Å². The minimum Gasteiger partial charge on any atom is -0.467 e. The molecular formula is C15H17ClN2O3. The molecule has 0 fully saturated rings. The van der Waals surface area contributed by atoms with Crippen LogP contribution in [-0.2, 0) is 6.54 Å². The average Bonchev–Trinajstić information content (AvgIpc) is 2.98. The minimum absolute atomic E-state index is 0.294. The molecular weight excluding hydrogens is 292 g/mol. The number of halogens is 1. The smallest absolute Gasteiger partial charge is 0.315 e. The maximum atomic E-state index is 11.7. The third-order valence-electron chi connectivity index (χ3n) is 3.05. The highest BCUT2D eigenvalue weighted by Gasteiger charge is 2.18. The summed E-state index contributed by atoms with van der Waals surface area (Å²) >= 11 is 5.80. The molecule has 2 rings (SSSR count).